The minimum Gasteiger partial charge on any atom is -0.484 e. The molecule has 11 amide bonds. The van der Waals surface area contributed by atoms with Crippen molar-refractivity contribution in [3.63, 3.8) is 0 Å². The van der Waals surface area contributed by atoms with E-state index in [1.807, 2.05) is 6.26 Å². The number of carbonyl (C=O) groups is 11. The molecular weight excluding hydrogens is 1050 g/mol. The molecule has 79 heavy (non-hydrogen) atoms. The van der Waals surface area contributed by atoms with Crippen molar-refractivity contribution in [3.8, 4) is 5.75 Å². The number of rotatable bonds is 42. The number of amides is 11. The van der Waals surface area contributed by atoms with Crippen LogP contribution in [-0.2, 0) is 47.9 Å². The summed E-state index contributed by atoms with van der Waals surface area (Å²) in [5.41, 5.74) is 0.185. The van der Waals surface area contributed by atoms with Gasteiger partial charge in [-0.1, -0.05) is 19.9 Å². The van der Waals surface area contributed by atoms with Gasteiger partial charge in [0.15, 0.2) is 6.61 Å². The first kappa shape index (κ1) is 68.5. The van der Waals surface area contributed by atoms with Crippen molar-refractivity contribution in [3.05, 3.63) is 42.0 Å². The molecule has 0 fully saturated rings. The molecule has 2 rings (SSSR count). The van der Waals surface area contributed by atoms with E-state index < -0.39 is 47.5 Å². The molecule has 0 aliphatic carbocycles. The minimum atomic E-state index is -0.961. The number of unbranched alkanes of at least 4 members (excludes halogenated alkanes) is 8. The molecule has 1 aromatic carbocycles. The summed E-state index contributed by atoms with van der Waals surface area (Å²) in [7, 11) is 0. The van der Waals surface area contributed by atoms with E-state index in [0.29, 0.717) is 131 Å². The van der Waals surface area contributed by atoms with Crippen LogP contribution in [0.25, 0.3) is 0 Å². The number of nitrogens with one attached hydrogen (secondary N) is 6. The average Bonchev–Trinajstić information content (AvgIpc) is 3.75. The van der Waals surface area contributed by atoms with Crippen molar-refractivity contribution in [1.82, 2.24) is 52.0 Å². The summed E-state index contributed by atoms with van der Waals surface area (Å²) >= 11 is 1.49. The number of thioether (sulfide) groups is 1. The monoisotopic (exact) mass is 1130 g/mol. The Kier molecular flexibility index (Phi) is 34.4. The lowest BCUT2D eigenvalue weighted by Gasteiger charge is -2.25. The van der Waals surface area contributed by atoms with Crippen LogP contribution in [0.1, 0.15) is 140 Å². The third-order valence-corrected chi connectivity index (χ3v) is 13.0. The molecule has 0 spiro atoms. The molecule has 0 saturated carbocycles. The Balaban J connectivity index is 1.58. The predicted molar refractivity (Wildman–Crippen MR) is 291 cm³/mol. The van der Waals surface area contributed by atoms with E-state index in [1.165, 1.54) is 47.9 Å². The molecule has 25 nitrogen and oxygen atoms in total. The number of benzene rings is 1. The molecule has 442 valence electrons. The summed E-state index contributed by atoms with van der Waals surface area (Å²) in [6.07, 6.45) is 11.0. The first-order valence-electron chi connectivity index (χ1n) is 27.1. The van der Waals surface area contributed by atoms with Crippen LogP contribution >= 0.6 is 11.8 Å². The lowest BCUT2D eigenvalue weighted by molar-refractivity contribution is -0.166. The van der Waals surface area contributed by atoms with Crippen LogP contribution in [0.2, 0.25) is 0 Å². The molecule has 0 saturated heterocycles. The number of hydrogen-bond donors (Lipinski definition) is 9. The molecule has 26 heteroatoms. The van der Waals surface area contributed by atoms with Crippen molar-refractivity contribution in [2.24, 2.45) is 5.92 Å². The van der Waals surface area contributed by atoms with Crippen LogP contribution in [0.4, 0.5) is 0 Å². The van der Waals surface area contributed by atoms with Crippen LogP contribution in [0.5, 0.6) is 5.75 Å². The van der Waals surface area contributed by atoms with Crippen LogP contribution < -0.4 is 36.6 Å². The quantitative estimate of drug-likeness (QED) is 0.0196. The van der Waals surface area contributed by atoms with Crippen molar-refractivity contribution in [2.75, 3.05) is 71.0 Å². The van der Waals surface area contributed by atoms with E-state index >= 15 is 0 Å². The highest BCUT2D eigenvalue weighted by Crippen LogP contribution is 2.15. The highest BCUT2D eigenvalue weighted by atomic mass is 32.2. The number of imide groups is 1. The second-order valence-corrected chi connectivity index (χ2v) is 20.3. The van der Waals surface area contributed by atoms with Crippen molar-refractivity contribution in [2.45, 2.75) is 142 Å². The Morgan fingerprint density at radius 2 is 1.10 bits per heavy atom. The maximum Gasteiger partial charge on any atom is 0.257 e. The largest absolute Gasteiger partial charge is 0.484 e. The third-order valence-electron chi connectivity index (χ3n) is 12.4. The number of hydroxylamine groups is 6. The van der Waals surface area contributed by atoms with Gasteiger partial charge in [0.2, 0.25) is 41.4 Å². The molecule has 9 N–H and O–H groups in total. The fourth-order valence-electron chi connectivity index (χ4n) is 7.66. The summed E-state index contributed by atoms with van der Waals surface area (Å²) in [5.74, 6) is -4.37. The van der Waals surface area contributed by atoms with Crippen molar-refractivity contribution in [1.29, 1.82) is 0 Å². The van der Waals surface area contributed by atoms with Gasteiger partial charge in [0.05, 0.1) is 0 Å². The van der Waals surface area contributed by atoms with Crippen molar-refractivity contribution < 1.29 is 73.1 Å². The SMILES string of the molecule is CSCC[C@H](NC(=O)c1cccc(OCC(=O)NCCCCCN(O)C(=O)CCC(=O)NCCCCCN(O)C(=O)CCC(=O)NCCCCCN(O)C(C)=O)c1)C(=O)N[C@H](C(=O)NCCCCCN1C(=O)C=CC1=O)C(C)C. The molecular formula is C53H84N10O15S. The normalized spacial score (nSPS) is 12.6. The van der Waals surface area contributed by atoms with E-state index in [-0.39, 0.29) is 105 Å². The van der Waals surface area contributed by atoms with E-state index in [2.05, 4.69) is 31.9 Å². The van der Waals surface area contributed by atoms with Gasteiger partial charge in [-0.05, 0) is 120 Å². The van der Waals surface area contributed by atoms with E-state index in [1.54, 1.807) is 26.0 Å². The van der Waals surface area contributed by atoms with Gasteiger partial charge in [0.1, 0.15) is 17.8 Å². The molecule has 1 aliphatic rings. The first-order valence-corrected chi connectivity index (χ1v) is 28.5. The maximum atomic E-state index is 13.5. The Hall–Kier alpha value is -6.64. The van der Waals surface area contributed by atoms with Gasteiger partial charge in [-0.2, -0.15) is 11.8 Å². The fourth-order valence-corrected chi connectivity index (χ4v) is 8.13. The zero-order chi connectivity index (χ0) is 58.5. The minimum absolute atomic E-state index is 0.0334. The van der Waals surface area contributed by atoms with E-state index in [9.17, 15) is 68.4 Å². The molecule has 1 aromatic rings. The predicted octanol–water partition coefficient (Wildman–Crippen LogP) is 2.36. The average molecular weight is 1130 g/mol. The number of carbonyl (C=O) groups excluding carboxylic acids is 11. The van der Waals surface area contributed by atoms with Gasteiger partial charge in [-0.3, -0.25) is 73.3 Å². The van der Waals surface area contributed by atoms with Gasteiger partial charge >= 0.3 is 0 Å². The van der Waals surface area contributed by atoms with Crippen LogP contribution in [0.3, 0.4) is 0 Å². The summed E-state index contributed by atoms with van der Waals surface area (Å²) in [6.45, 7) is 6.44. The standard InChI is InChI=1S/C53H84N10O15S/c1-38(2)50(53(74)57-30-12-5-13-31-60-46(68)24-25-47(60)69)59-52(73)42(26-35-79-4)58-51(72)40-18-17-19-41(36-40)78-37-45(67)56-29-11-8-16-34-63(77)49(71)23-21-44(66)55-28-10-7-15-33-62(76)48(70)22-20-43(65)54-27-9-6-14-32-61(75)39(3)64/h17-19,24-25,36,38,42,50,75-77H,5-16,20-23,26-35,37H2,1-4H3,(H,54,65)(H,55,66)(H,56,67)(H,57,74)(H,58,72)(H,59,73)/t42-,50-/m0/s1. The van der Waals surface area contributed by atoms with Crippen molar-refractivity contribution >= 4 is 76.7 Å². The second kappa shape index (κ2) is 39.7. The molecule has 1 heterocycles. The van der Waals surface area contributed by atoms with Gasteiger partial charge in [0, 0.05) is 103 Å². The van der Waals surface area contributed by atoms with Gasteiger partial charge < -0.3 is 36.6 Å². The third kappa shape index (κ3) is 29.8. The molecule has 0 radical (unpaired) electrons. The zero-order valence-corrected chi connectivity index (χ0v) is 47.0. The Bertz CT molecular complexity index is 2170. The molecule has 0 bridgehead atoms. The van der Waals surface area contributed by atoms with E-state index in [0.717, 1.165) is 0 Å². The van der Waals surface area contributed by atoms with Crippen LogP contribution in [0.15, 0.2) is 36.4 Å². The fraction of sp³-hybridized carbons (Fsp3) is 0.642. The Morgan fingerprint density at radius 1 is 0.608 bits per heavy atom. The first-order chi connectivity index (χ1) is 37.7. The summed E-state index contributed by atoms with van der Waals surface area (Å²) < 4.78 is 5.63. The molecule has 1 aliphatic heterocycles. The van der Waals surface area contributed by atoms with E-state index in [4.69, 9.17) is 4.74 Å². The Morgan fingerprint density at radius 3 is 1.61 bits per heavy atom. The molecule has 0 aromatic heterocycles. The molecule has 2 atom stereocenters. The van der Waals surface area contributed by atoms with Gasteiger partial charge in [-0.25, -0.2) is 15.2 Å². The van der Waals surface area contributed by atoms with Gasteiger partial charge in [0.25, 0.3) is 23.6 Å². The highest BCUT2D eigenvalue weighted by Gasteiger charge is 2.29. The summed E-state index contributed by atoms with van der Waals surface area (Å²) in [5, 5.41) is 47.8. The number of hydrogen-bond acceptors (Lipinski definition) is 16. The lowest BCUT2D eigenvalue weighted by atomic mass is 10.0. The number of nitrogens with zero attached hydrogens (tertiary/aromatic N) is 4. The summed E-state index contributed by atoms with van der Waals surface area (Å²) in [4.78, 5) is 137. The van der Waals surface area contributed by atoms with Crippen LogP contribution in [-0.4, -0.2) is 184 Å². The second-order valence-electron chi connectivity index (χ2n) is 19.3. The smallest absolute Gasteiger partial charge is 0.257 e. The summed E-state index contributed by atoms with van der Waals surface area (Å²) in [6, 6.07) is 4.30. The highest BCUT2D eigenvalue weighted by molar-refractivity contribution is 7.98. The van der Waals surface area contributed by atoms with Gasteiger partial charge in [-0.15, -0.1) is 0 Å². The Labute approximate surface area is 466 Å². The zero-order valence-electron chi connectivity index (χ0n) is 46.2. The number of ether oxygens (including phenoxy) is 1. The topological polar surface area (TPSA) is 343 Å². The lowest BCUT2D eigenvalue weighted by Crippen LogP contribution is -2.55. The maximum absolute atomic E-state index is 13.5. The van der Waals surface area contributed by atoms with Crippen LogP contribution in [0, 0.1) is 5.92 Å². The molecule has 0 unspecified atom stereocenters.